The Balaban J connectivity index is 1.46. The maximum Gasteiger partial charge on any atom is 0.293 e. The summed E-state index contributed by atoms with van der Waals surface area (Å²) in [5, 5.41) is 2.50. The first-order valence-corrected chi connectivity index (χ1v) is 12.9. The molecule has 0 atom stereocenters. The lowest BCUT2D eigenvalue weighted by molar-refractivity contribution is -0.123. The molecule has 1 fully saturated rings. The van der Waals surface area contributed by atoms with E-state index in [-0.39, 0.29) is 30.2 Å². The minimum Gasteiger partial charge on any atom is -0.493 e. The Morgan fingerprint density at radius 1 is 1.08 bits per heavy atom. The SMILES string of the molecule is COc1cc(/C=C2\SC(=O)N(Cc3ccccc3)C2=O)cc(I)c1OCC(=O)Nc1cccc(C)c1. The van der Waals surface area contributed by atoms with E-state index < -0.39 is 0 Å². The zero-order chi connectivity index (χ0) is 25.7. The highest BCUT2D eigenvalue weighted by Gasteiger charge is 2.35. The van der Waals surface area contributed by atoms with Crippen LogP contribution in [0, 0.1) is 10.5 Å². The molecule has 184 valence electrons. The van der Waals surface area contributed by atoms with Gasteiger partial charge in [0.2, 0.25) is 0 Å². The minimum absolute atomic E-state index is 0.196. The largest absolute Gasteiger partial charge is 0.493 e. The van der Waals surface area contributed by atoms with Crippen LogP contribution < -0.4 is 14.8 Å². The molecule has 36 heavy (non-hydrogen) atoms. The van der Waals surface area contributed by atoms with Gasteiger partial charge in [-0.15, -0.1) is 0 Å². The smallest absolute Gasteiger partial charge is 0.293 e. The predicted octanol–water partition coefficient (Wildman–Crippen LogP) is 5.86. The number of aryl methyl sites for hydroxylation is 1. The first kappa shape index (κ1) is 25.8. The Hall–Kier alpha value is -3.31. The number of anilines is 1. The number of ether oxygens (including phenoxy) is 2. The monoisotopic (exact) mass is 614 g/mol. The number of rotatable bonds is 8. The second-order valence-electron chi connectivity index (χ2n) is 7.99. The van der Waals surface area contributed by atoms with Crippen molar-refractivity contribution in [3.8, 4) is 11.5 Å². The molecule has 1 saturated heterocycles. The van der Waals surface area contributed by atoms with Crippen molar-refractivity contribution >= 4 is 63.2 Å². The molecule has 7 nitrogen and oxygen atoms in total. The number of nitrogens with one attached hydrogen (secondary N) is 1. The number of amides is 3. The summed E-state index contributed by atoms with van der Waals surface area (Å²) in [6.45, 7) is 1.98. The molecule has 9 heteroatoms. The number of thioether (sulfide) groups is 1. The molecule has 3 aromatic carbocycles. The lowest BCUT2D eigenvalue weighted by Gasteiger charge is -2.14. The van der Waals surface area contributed by atoms with Gasteiger partial charge in [-0.1, -0.05) is 42.5 Å². The van der Waals surface area contributed by atoms with E-state index in [2.05, 4.69) is 27.9 Å². The zero-order valence-corrected chi connectivity index (χ0v) is 22.6. The van der Waals surface area contributed by atoms with Crippen molar-refractivity contribution in [2.45, 2.75) is 13.5 Å². The van der Waals surface area contributed by atoms with Crippen molar-refractivity contribution < 1.29 is 23.9 Å². The van der Waals surface area contributed by atoms with Crippen molar-refractivity contribution in [3.63, 3.8) is 0 Å². The summed E-state index contributed by atoms with van der Waals surface area (Å²) >= 11 is 3.00. The maximum absolute atomic E-state index is 12.9. The van der Waals surface area contributed by atoms with Gasteiger partial charge in [-0.05, 0) is 88.3 Å². The third-order valence-corrected chi connectivity index (χ3v) is 6.96. The molecule has 0 spiro atoms. The Morgan fingerprint density at radius 2 is 1.86 bits per heavy atom. The third-order valence-electron chi connectivity index (χ3n) is 5.26. The first-order valence-electron chi connectivity index (χ1n) is 11.0. The number of methoxy groups -OCH3 is 1. The van der Waals surface area contributed by atoms with E-state index in [1.54, 1.807) is 12.1 Å². The van der Waals surface area contributed by atoms with Crippen LogP contribution in [-0.4, -0.2) is 35.7 Å². The minimum atomic E-state index is -0.337. The summed E-state index contributed by atoms with van der Waals surface area (Å²) in [7, 11) is 1.50. The molecule has 0 aromatic heterocycles. The van der Waals surface area contributed by atoms with Crippen LogP contribution in [0.1, 0.15) is 16.7 Å². The standard InChI is InChI=1S/C27H23IN2O5S/c1-17-7-6-10-20(11-17)29-24(31)16-35-25-21(28)12-19(13-22(25)34-2)14-23-26(32)30(27(33)36-23)15-18-8-4-3-5-9-18/h3-14H,15-16H2,1-2H3,(H,29,31)/b23-14-. The van der Waals surface area contributed by atoms with Crippen molar-refractivity contribution in [1.82, 2.24) is 4.90 Å². The molecular formula is C27H23IN2O5S. The first-order chi connectivity index (χ1) is 17.3. The average Bonchev–Trinajstić information content (AvgIpc) is 3.11. The Bertz CT molecular complexity index is 1340. The lowest BCUT2D eigenvalue weighted by atomic mass is 10.1. The maximum atomic E-state index is 12.9. The molecule has 1 heterocycles. The highest BCUT2D eigenvalue weighted by Crippen LogP contribution is 2.37. The molecule has 0 saturated carbocycles. The van der Waals surface area contributed by atoms with Crippen LogP contribution >= 0.6 is 34.4 Å². The number of hydrogen-bond donors (Lipinski definition) is 1. The Morgan fingerprint density at radius 3 is 2.58 bits per heavy atom. The van der Waals surface area contributed by atoms with Crippen molar-refractivity contribution in [1.29, 1.82) is 0 Å². The van der Waals surface area contributed by atoms with Gasteiger partial charge in [0.25, 0.3) is 17.1 Å². The van der Waals surface area contributed by atoms with Gasteiger partial charge < -0.3 is 14.8 Å². The summed E-state index contributed by atoms with van der Waals surface area (Å²) in [6, 6.07) is 20.4. The van der Waals surface area contributed by atoms with Gasteiger partial charge >= 0.3 is 0 Å². The molecule has 3 aromatic rings. The topological polar surface area (TPSA) is 84.9 Å². The second-order valence-corrected chi connectivity index (χ2v) is 10.1. The average molecular weight is 614 g/mol. The normalized spacial score (nSPS) is 14.3. The van der Waals surface area contributed by atoms with Gasteiger partial charge in [0.1, 0.15) is 0 Å². The van der Waals surface area contributed by atoms with Crippen LogP contribution in [0.2, 0.25) is 0 Å². The summed E-state index contributed by atoms with van der Waals surface area (Å²) < 4.78 is 12.0. The van der Waals surface area contributed by atoms with Gasteiger partial charge in [-0.25, -0.2) is 0 Å². The number of carbonyl (C=O) groups excluding carboxylic acids is 3. The molecule has 0 radical (unpaired) electrons. The fraction of sp³-hybridized carbons (Fsp3) is 0.148. The second kappa shape index (κ2) is 11.6. The fourth-order valence-electron chi connectivity index (χ4n) is 3.57. The van der Waals surface area contributed by atoms with E-state index in [0.717, 1.165) is 22.9 Å². The number of benzene rings is 3. The van der Waals surface area contributed by atoms with E-state index in [1.807, 2.05) is 67.6 Å². The Labute approximate surface area is 227 Å². The van der Waals surface area contributed by atoms with Crippen molar-refractivity contribution in [2.75, 3.05) is 19.0 Å². The molecule has 1 aliphatic rings. The summed E-state index contributed by atoms with van der Waals surface area (Å²) in [6.07, 6.45) is 1.66. The van der Waals surface area contributed by atoms with Gasteiger partial charge in [0.05, 0.1) is 22.1 Å². The summed E-state index contributed by atoms with van der Waals surface area (Å²) in [5.41, 5.74) is 3.29. The molecule has 1 N–H and O–H groups in total. The molecule has 4 rings (SSSR count). The van der Waals surface area contributed by atoms with Crippen molar-refractivity contribution in [3.05, 3.63) is 91.9 Å². The Kier molecular flexibility index (Phi) is 8.32. The number of carbonyl (C=O) groups is 3. The van der Waals surface area contributed by atoms with Crippen LogP contribution in [0.5, 0.6) is 11.5 Å². The quantitative estimate of drug-likeness (QED) is 0.253. The zero-order valence-electron chi connectivity index (χ0n) is 19.6. The van der Waals surface area contributed by atoms with Gasteiger partial charge in [-0.3, -0.25) is 19.3 Å². The number of halogens is 1. The number of hydrogen-bond acceptors (Lipinski definition) is 6. The lowest BCUT2D eigenvalue weighted by Crippen LogP contribution is -2.27. The molecule has 3 amide bonds. The molecule has 0 aliphatic carbocycles. The van der Waals surface area contributed by atoms with Crippen LogP contribution in [0.3, 0.4) is 0 Å². The number of nitrogens with zero attached hydrogens (tertiary/aromatic N) is 1. The van der Waals surface area contributed by atoms with E-state index in [0.29, 0.717) is 31.2 Å². The van der Waals surface area contributed by atoms with Gasteiger partial charge in [0.15, 0.2) is 18.1 Å². The highest BCUT2D eigenvalue weighted by molar-refractivity contribution is 14.1. The third kappa shape index (κ3) is 6.27. The fourth-order valence-corrected chi connectivity index (χ4v) is 5.19. The van der Waals surface area contributed by atoms with E-state index >= 15 is 0 Å². The highest BCUT2D eigenvalue weighted by atomic mass is 127. The molecular weight excluding hydrogens is 591 g/mol. The van der Waals surface area contributed by atoms with E-state index in [1.165, 1.54) is 12.0 Å². The molecule has 0 bridgehead atoms. The van der Waals surface area contributed by atoms with Crippen LogP contribution in [-0.2, 0) is 16.1 Å². The van der Waals surface area contributed by atoms with Crippen LogP contribution in [0.25, 0.3) is 6.08 Å². The number of imide groups is 1. The summed E-state index contributed by atoms with van der Waals surface area (Å²) in [5.74, 6) is 0.206. The predicted molar refractivity (Wildman–Crippen MR) is 149 cm³/mol. The van der Waals surface area contributed by atoms with Crippen LogP contribution in [0.15, 0.2) is 71.6 Å². The molecule has 1 aliphatic heterocycles. The van der Waals surface area contributed by atoms with Crippen molar-refractivity contribution in [2.24, 2.45) is 0 Å². The van der Waals surface area contributed by atoms with Crippen LogP contribution in [0.4, 0.5) is 10.5 Å². The van der Waals surface area contributed by atoms with E-state index in [9.17, 15) is 14.4 Å². The van der Waals surface area contributed by atoms with Gasteiger partial charge in [0, 0.05) is 5.69 Å². The van der Waals surface area contributed by atoms with Gasteiger partial charge in [-0.2, -0.15) is 0 Å². The summed E-state index contributed by atoms with van der Waals surface area (Å²) in [4.78, 5) is 39.3. The molecule has 0 unspecified atom stereocenters. The van der Waals surface area contributed by atoms with E-state index in [4.69, 9.17) is 9.47 Å².